The van der Waals surface area contributed by atoms with Gasteiger partial charge in [0.05, 0.1) is 5.69 Å². The fraction of sp³-hybridized carbons (Fsp3) is 0.182. The highest BCUT2D eigenvalue weighted by molar-refractivity contribution is 5.33. The van der Waals surface area contributed by atoms with Crippen molar-refractivity contribution in [1.29, 1.82) is 0 Å². The molecule has 1 aromatic carbocycles. The highest BCUT2D eigenvalue weighted by Crippen LogP contribution is 2.06. The quantitative estimate of drug-likeness (QED) is 0.752. The number of para-hydroxylation sites is 1. The standard InChI is InChI=1S/C11H13N5O/c1-8-13-10(15-12-2)14-11(17)16(8)9-6-4-3-5-7-9/h3-7,12H,1-2H3,(H,14,15,17). The average Bonchev–Trinajstić information content (AvgIpc) is 2.30. The molecule has 1 aromatic heterocycles. The normalized spacial score (nSPS) is 10.2. The minimum absolute atomic E-state index is 0.266. The van der Waals surface area contributed by atoms with Crippen LogP contribution in [-0.4, -0.2) is 21.6 Å². The van der Waals surface area contributed by atoms with Crippen molar-refractivity contribution in [2.75, 3.05) is 12.5 Å². The molecule has 0 spiro atoms. The fourth-order valence-corrected chi connectivity index (χ4v) is 1.55. The summed E-state index contributed by atoms with van der Waals surface area (Å²) in [5.74, 6) is 0.844. The van der Waals surface area contributed by atoms with Gasteiger partial charge in [0.1, 0.15) is 5.82 Å². The van der Waals surface area contributed by atoms with Crippen LogP contribution in [0.5, 0.6) is 0 Å². The SMILES string of the molecule is CNNc1nc(C)n(-c2ccccc2)c(=O)n1. The Bertz CT molecular complexity index is 564. The molecule has 1 heterocycles. The molecule has 0 saturated heterocycles. The van der Waals surface area contributed by atoms with Gasteiger partial charge in [0.25, 0.3) is 0 Å². The number of hydrazine groups is 1. The zero-order chi connectivity index (χ0) is 12.3. The van der Waals surface area contributed by atoms with Gasteiger partial charge < -0.3 is 0 Å². The highest BCUT2D eigenvalue weighted by Gasteiger charge is 2.07. The van der Waals surface area contributed by atoms with Gasteiger partial charge in [-0.1, -0.05) is 18.2 Å². The zero-order valence-electron chi connectivity index (χ0n) is 9.64. The van der Waals surface area contributed by atoms with Crippen molar-refractivity contribution in [3.8, 4) is 5.69 Å². The monoisotopic (exact) mass is 231 g/mol. The molecule has 0 bridgehead atoms. The molecule has 0 fully saturated rings. The van der Waals surface area contributed by atoms with Gasteiger partial charge in [0.2, 0.25) is 5.95 Å². The Morgan fingerprint density at radius 3 is 2.47 bits per heavy atom. The summed E-state index contributed by atoms with van der Waals surface area (Å²) in [7, 11) is 1.68. The maximum absolute atomic E-state index is 11.9. The molecule has 0 aliphatic heterocycles. The molecule has 6 nitrogen and oxygen atoms in total. The third-order valence-electron chi connectivity index (χ3n) is 2.24. The van der Waals surface area contributed by atoms with Crippen LogP contribution in [0.1, 0.15) is 5.82 Å². The number of anilines is 1. The van der Waals surface area contributed by atoms with Crippen molar-refractivity contribution in [3.63, 3.8) is 0 Å². The van der Waals surface area contributed by atoms with E-state index in [0.29, 0.717) is 5.82 Å². The third kappa shape index (κ3) is 2.31. The van der Waals surface area contributed by atoms with Gasteiger partial charge in [-0.3, -0.25) is 5.43 Å². The summed E-state index contributed by atoms with van der Waals surface area (Å²) in [4.78, 5) is 19.9. The number of hydrogen-bond acceptors (Lipinski definition) is 5. The largest absolute Gasteiger partial charge is 0.356 e. The highest BCUT2D eigenvalue weighted by atomic mass is 16.1. The van der Waals surface area contributed by atoms with E-state index < -0.39 is 0 Å². The summed E-state index contributed by atoms with van der Waals surface area (Å²) >= 11 is 0. The van der Waals surface area contributed by atoms with Crippen LogP contribution in [-0.2, 0) is 0 Å². The van der Waals surface area contributed by atoms with Crippen molar-refractivity contribution in [2.24, 2.45) is 0 Å². The Balaban J connectivity index is 2.53. The zero-order valence-corrected chi connectivity index (χ0v) is 9.64. The van der Waals surface area contributed by atoms with E-state index in [4.69, 9.17) is 0 Å². The van der Waals surface area contributed by atoms with Crippen LogP contribution in [0.3, 0.4) is 0 Å². The van der Waals surface area contributed by atoms with E-state index in [1.807, 2.05) is 30.3 Å². The smallest absolute Gasteiger partial charge is 0.290 e. The fourth-order valence-electron chi connectivity index (χ4n) is 1.55. The van der Waals surface area contributed by atoms with Crippen LogP contribution in [0.25, 0.3) is 5.69 Å². The first-order valence-electron chi connectivity index (χ1n) is 5.18. The average molecular weight is 231 g/mol. The van der Waals surface area contributed by atoms with E-state index in [1.165, 1.54) is 4.57 Å². The van der Waals surface area contributed by atoms with Gasteiger partial charge in [-0.2, -0.15) is 9.97 Å². The molecule has 6 heteroatoms. The van der Waals surface area contributed by atoms with Crippen molar-refractivity contribution >= 4 is 5.95 Å². The second kappa shape index (κ2) is 4.75. The number of hydrogen-bond donors (Lipinski definition) is 2. The molecule has 2 N–H and O–H groups in total. The molecular weight excluding hydrogens is 218 g/mol. The number of aryl methyl sites for hydroxylation is 1. The lowest BCUT2D eigenvalue weighted by Gasteiger charge is -2.09. The van der Waals surface area contributed by atoms with Gasteiger partial charge in [-0.05, 0) is 19.1 Å². The third-order valence-corrected chi connectivity index (χ3v) is 2.24. The van der Waals surface area contributed by atoms with Gasteiger partial charge in [0.15, 0.2) is 0 Å². The summed E-state index contributed by atoms with van der Waals surface area (Å²) in [5.41, 5.74) is 5.75. The van der Waals surface area contributed by atoms with Gasteiger partial charge in [-0.25, -0.2) is 14.8 Å². The Labute approximate surface area is 98.3 Å². The molecule has 88 valence electrons. The first-order chi connectivity index (χ1) is 8.22. The van der Waals surface area contributed by atoms with Gasteiger partial charge >= 0.3 is 5.69 Å². The van der Waals surface area contributed by atoms with E-state index in [9.17, 15) is 4.79 Å². The molecule has 0 radical (unpaired) electrons. The van der Waals surface area contributed by atoms with Gasteiger partial charge in [0, 0.05) is 7.05 Å². The molecular formula is C11H13N5O. The Morgan fingerprint density at radius 2 is 1.88 bits per heavy atom. The lowest BCUT2D eigenvalue weighted by atomic mass is 10.3. The first-order valence-corrected chi connectivity index (χ1v) is 5.18. The van der Waals surface area contributed by atoms with Crippen LogP contribution in [0, 0.1) is 6.92 Å². The van der Waals surface area contributed by atoms with Crippen LogP contribution in [0.2, 0.25) is 0 Å². The maximum Gasteiger partial charge on any atom is 0.356 e. The molecule has 17 heavy (non-hydrogen) atoms. The number of aromatic nitrogens is 3. The van der Waals surface area contributed by atoms with E-state index >= 15 is 0 Å². The first kappa shape index (κ1) is 11.3. The minimum atomic E-state index is -0.360. The molecule has 2 aromatic rings. The number of rotatable bonds is 3. The van der Waals surface area contributed by atoms with E-state index in [-0.39, 0.29) is 11.6 Å². The van der Waals surface area contributed by atoms with Gasteiger partial charge in [-0.15, -0.1) is 0 Å². The van der Waals surface area contributed by atoms with E-state index in [2.05, 4.69) is 20.8 Å². The lowest BCUT2D eigenvalue weighted by Crippen LogP contribution is -2.28. The van der Waals surface area contributed by atoms with Crippen LogP contribution >= 0.6 is 0 Å². The molecule has 0 amide bonds. The summed E-state index contributed by atoms with van der Waals surface area (Å²) in [5, 5.41) is 0. The molecule has 0 aliphatic carbocycles. The molecule has 0 saturated carbocycles. The molecule has 0 unspecified atom stereocenters. The number of nitrogens with one attached hydrogen (secondary N) is 2. The Hall–Kier alpha value is -2.21. The van der Waals surface area contributed by atoms with Crippen LogP contribution in [0.15, 0.2) is 35.1 Å². The number of benzene rings is 1. The van der Waals surface area contributed by atoms with Crippen LogP contribution < -0.4 is 16.5 Å². The maximum atomic E-state index is 11.9. The van der Waals surface area contributed by atoms with Crippen molar-refractivity contribution in [1.82, 2.24) is 20.0 Å². The van der Waals surface area contributed by atoms with Crippen molar-refractivity contribution < 1.29 is 0 Å². The summed E-state index contributed by atoms with van der Waals surface area (Å²) < 4.78 is 1.46. The lowest BCUT2D eigenvalue weighted by molar-refractivity contribution is 0.796. The minimum Gasteiger partial charge on any atom is -0.290 e. The second-order valence-corrected chi connectivity index (χ2v) is 3.42. The van der Waals surface area contributed by atoms with E-state index in [1.54, 1.807) is 14.0 Å². The summed E-state index contributed by atoms with van der Waals surface area (Å²) in [6.07, 6.45) is 0. The van der Waals surface area contributed by atoms with Crippen molar-refractivity contribution in [2.45, 2.75) is 6.92 Å². The van der Waals surface area contributed by atoms with Crippen molar-refractivity contribution in [3.05, 3.63) is 46.6 Å². The Kier molecular flexibility index (Phi) is 3.15. The van der Waals surface area contributed by atoms with E-state index in [0.717, 1.165) is 5.69 Å². The predicted molar refractivity (Wildman–Crippen MR) is 65.0 cm³/mol. The summed E-state index contributed by atoms with van der Waals surface area (Å²) in [6.45, 7) is 1.76. The topological polar surface area (TPSA) is 71.8 Å². The van der Waals surface area contributed by atoms with Crippen LogP contribution in [0.4, 0.5) is 5.95 Å². The molecule has 0 atom stereocenters. The number of nitrogens with zero attached hydrogens (tertiary/aromatic N) is 3. The Morgan fingerprint density at radius 1 is 1.18 bits per heavy atom. The predicted octanol–water partition coefficient (Wildman–Crippen LogP) is 0.482. The molecule has 0 aliphatic rings. The molecule has 2 rings (SSSR count). The summed E-state index contributed by atoms with van der Waals surface area (Å²) in [6, 6.07) is 9.29. The second-order valence-electron chi connectivity index (χ2n) is 3.42.